The van der Waals surface area contributed by atoms with Crippen molar-refractivity contribution in [3.8, 4) is 5.95 Å². The van der Waals surface area contributed by atoms with Crippen LogP contribution in [0.15, 0.2) is 35.1 Å². The molecular formula is C19H17BrFN5O. The van der Waals surface area contributed by atoms with Gasteiger partial charge in [-0.3, -0.25) is 4.79 Å². The van der Waals surface area contributed by atoms with Gasteiger partial charge in [0, 0.05) is 18.2 Å². The maximum absolute atomic E-state index is 13.9. The van der Waals surface area contributed by atoms with E-state index in [0.717, 1.165) is 16.8 Å². The van der Waals surface area contributed by atoms with Gasteiger partial charge in [-0.05, 0) is 53.9 Å². The van der Waals surface area contributed by atoms with Gasteiger partial charge in [0.25, 0.3) is 5.95 Å². The second kappa shape index (κ2) is 6.23. The number of fused-ring (bicyclic) bond motifs is 1. The molecule has 0 unspecified atom stereocenters. The average Bonchev–Trinajstić information content (AvgIpc) is 3.07. The summed E-state index contributed by atoms with van der Waals surface area (Å²) in [6.07, 6.45) is 2.17. The van der Waals surface area contributed by atoms with E-state index in [4.69, 9.17) is 0 Å². The molecule has 0 spiro atoms. The predicted molar refractivity (Wildman–Crippen MR) is 102 cm³/mol. The van der Waals surface area contributed by atoms with E-state index < -0.39 is 5.41 Å². The third-order valence-electron chi connectivity index (χ3n) is 4.80. The number of hydrogen-bond donors (Lipinski definition) is 1. The first-order valence-corrected chi connectivity index (χ1v) is 9.25. The third-order valence-corrected chi connectivity index (χ3v) is 5.37. The zero-order valence-electron chi connectivity index (χ0n) is 15.0. The Morgan fingerprint density at radius 3 is 2.74 bits per heavy atom. The zero-order chi connectivity index (χ0) is 19.3. The molecule has 6 nitrogen and oxygen atoms in total. The highest BCUT2D eigenvalue weighted by molar-refractivity contribution is 9.10. The Balaban J connectivity index is 1.72. The highest BCUT2D eigenvalue weighted by Crippen LogP contribution is 2.40. The van der Waals surface area contributed by atoms with Crippen LogP contribution < -0.4 is 5.32 Å². The number of carbonyl (C=O) groups is 1. The number of hydrogen-bond acceptors (Lipinski definition) is 4. The third kappa shape index (κ3) is 2.93. The zero-order valence-corrected chi connectivity index (χ0v) is 16.6. The summed E-state index contributed by atoms with van der Waals surface area (Å²) in [5.41, 5.74) is 2.25. The minimum Gasteiger partial charge on any atom is -0.309 e. The van der Waals surface area contributed by atoms with Crippen molar-refractivity contribution in [3.05, 3.63) is 63.3 Å². The van der Waals surface area contributed by atoms with Crippen LogP contribution in [0.1, 0.15) is 36.2 Å². The smallest absolute Gasteiger partial charge is 0.253 e. The van der Waals surface area contributed by atoms with Crippen LogP contribution in [0.3, 0.4) is 0 Å². The van der Waals surface area contributed by atoms with Gasteiger partial charge in [-0.1, -0.05) is 18.2 Å². The topological polar surface area (TPSA) is 72.7 Å². The molecule has 0 saturated heterocycles. The minimum absolute atomic E-state index is 0.124. The van der Waals surface area contributed by atoms with Crippen molar-refractivity contribution in [1.82, 2.24) is 19.7 Å². The fourth-order valence-corrected chi connectivity index (χ4v) is 3.98. The lowest BCUT2D eigenvalue weighted by Gasteiger charge is -2.15. The Kier molecular flexibility index (Phi) is 4.10. The first-order valence-electron chi connectivity index (χ1n) is 8.46. The molecule has 0 fully saturated rings. The molecule has 3 aromatic rings. The fourth-order valence-electron chi connectivity index (χ4n) is 3.14. The van der Waals surface area contributed by atoms with E-state index in [1.54, 1.807) is 29.1 Å². The summed E-state index contributed by atoms with van der Waals surface area (Å²) < 4.78 is 16.0. The van der Waals surface area contributed by atoms with E-state index >= 15 is 0 Å². The fraction of sp³-hybridized carbons (Fsp3) is 0.263. The lowest BCUT2D eigenvalue weighted by molar-refractivity contribution is -0.119. The Bertz CT molecular complexity index is 1080. The van der Waals surface area contributed by atoms with Gasteiger partial charge in [0.05, 0.1) is 11.1 Å². The molecule has 1 aliphatic rings. The van der Waals surface area contributed by atoms with E-state index in [-0.39, 0.29) is 11.7 Å². The molecule has 8 heteroatoms. The lowest BCUT2D eigenvalue weighted by Crippen LogP contribution is -2.27. The Hall–Kier alpha value is -2.61. The number of aryl methyl sites for hydroxylation is 1. The summed E-state index contributed by atoms with van der Waals surface area (Å²) in [5, 5.41) is 7.33. The molecule has 138 valence electrons. The van der Waals surface area contributed by atoms with Gasteiger partial charge in [-0.2, -0.15) is 10.1 Å². The highest BCUT2D eigenvalue weighted by atomic mass is 79.9. The SMILES string of the molecule is Cc1cn(-c2nc(Br)c3c(n2)NC(=O)C3(C)C)nc1Cc1ccccc1F. The molecule has 0 radical (unpaired) electrons. The van der Waals surface area contributed by atoms with Gasteiger partial charge in [-0.25, -0.2) is 14.1 Å². The number of nitrogens with one attached hydrogen (secondary N) is 1. The molecule has 27 heavy (non-hydrogen) atoms. The number of carbonyl (C=O) groups excluding carboxylic acids is 1. The number of anilines is 1. The Labute approximate surface area is 164 Å². The van der Waals surface area contributed by atoms with E-state index in [1.807, 2.05) is 20.8 Å². The molecule has 0 bridgehead atoms. The standard InChI is InChI=1S/C19H17BrFN5O/c1-10-9-26(25-13(10)8-11-6-4-5-7-12(11)21)18-22-15(20)14-16(24-18)23-17(27)19(14,2)3/h4-7,9H,8H2,1-3H3,(H,22,23,24,27). The Morgan fingerprint density at radius 2 is 2.00 bits per heavy atom. The van der Waals surface area contributed by atoms with E-state index in [9.17, 15) is 9.18 Å². The van der Waals surface area contributed by atoms with Crippen molar-refractivity contribution in [2.45, 2.75) is 32.6 Å². The van der Waals surface area contributed by atoms with Crippen molar-refractivity contribution < 1.29 is 9.18 Å². The highest BCUT2D eigenvalue weighted by Gasteiger charge is 2.42. The normalized spacial score (nSPS) is 14.9. The molecule has 3 heterocycles. The monoisotopic (exact) mass is 429 g/mol. The van der Waals surface area contributed by atoms with E-state index in [2.05, 4.69) is 36.3 Å². The number of nitrogens with zero attached hydrogens (tertiary/aromatic N) is 4. The number of aromatic nitrogens is 4. The molecular weight excluding hydrogens is 413 g/mol. The van der Waals surface area contributed by atoms with Crippen LogP contribution in [0.25, 0.3) is 5.95 Å². The quantitative estimate of drug-likeness (QED) is 0.644. The van der Waals surface area contributed by atoms with Crippen molar-refractivity contribution in [1.29, 1.82) is 0 Å². The van der Waals surface area contributed by atoms with Crippen LogP contribution in [-0.2, 0) is 16.6 Å². The predicted octanol–water partition coefficient (Wildman–Crippen LogP) is 3.69. The molecule has 1 N–H and O–H groups in total. The van der Waals surface area contributed by atoms with E-state index in [1.165, 1.54) is 6.07 Å². The first kappa shape index (κ1) is 17.8. The molecule has 4 rings (SSSR count). The van der Waals surface area contributed by atoms with Crippen molar-refractivity contribution in [2.75, 3.05) is 5.32 Å². The number of halogens is 2. The summed E-state index contributed by atoms with van der Waals surface area (Å²) in [4.78, 5) is 21.1. The molecule has 1 aliphatic heterocycles. The summed E-state index contributed by atoms with van der Waals surface area (Å²) in [5.74, 6) is 0.432. The number of rotatable bonds is 3. The van der Waals surface area contributed by atoms with Crippen LogP contribution in [0, 0.1) is 12.7 Å². The van der Waals surface area contributed by atoms with Crippen LogP contribution in [0.2, 0.25) is 0 Å². The van der Waals surface area contributed by atoms with Crippen LogP contribution >= 0.6 is 15.9 Å². The largest absolute Gasteiger partial charge is 0.309 e. The molecule has 0 aliphatic carbocycles. The van der Waals surface area contributed by atoms with Crippen LogP contribution in [0.4, 0.5) is 10.2 Å². The summed E-state index contributed by atoms with van der Waals surface area (Å²) >= 11 is 3.45. The first-order chi connectivity index (χ1) is 12.8. The van der Waals surface area contributed by atoms with Crippen molar-refractivity contribution >= 4 is 27.7 Å². The molecule has 0 atom stereocenters. The van der Waals surface area contributed by atoms with Crippen molar-refractivity contribution in [3.63, 3.8) is 0 Å². The maximum Gasteiger partial charge on any atom is 0.253 e. The number of benzene rings is 1. The van der Waals surface area contributed by atoms with Crippen molar-refractivity contribution in [2.24, 2.45) is 0 Å². The lowest BCUT2D eigenvalue weighted by atomic mass is 9.88. The second-order valence-corrected chi connectivity index (χ2v) is 7.84. The van der Waals surface area contributed by atoms with Gasteiger partial charge in [0.15, 0.2) is 0 Å². The van der Waals surface area contributed by atoms with Crippen LogP contribution in [0.5, 0.6) is 0 Å². The minimum atomic E-state index is -0.706. The summed E-state index contributed by atoms with van der Waals surface area (Å²) in [6, 6.07) is 6.65. The molecule has 1 aromatic carbocycles. The van der Waals surface area contributed by atoms with Gasteiger partial charge in [0.2, 0.25) is 5.91 Å². The Morgan fingerprint density at radius 1 is 1.26 bits per heavy atom. The molecule has 2 aromatic heterocycles. The number of amides is 1. The van der Waals surface area contributed by atoms with Gasteiger partial charge >= 0.3 is 0 Å². The van der Waals surface area contributed by atoms with Gasteiger partial charge in [-0.15, -0.1) is 0 Å². The average molecular weight is 430 g/mol. The molecule has 1 amide bonds. The van der Waals surface area contributed by atoms with Gasteiger partial charge < -0.3 is 5.32 Å². The second-order valence-electron chi connectivity index (χ2n) is 7.09. The van der Waals surface area contributed by atoms with E-state index in [0.29, 0.717) is 28.4 Å². The summed E-state index contributed by atoms with van der Waals surface area (Å²) in [6.45, 7) is 5.56. The maximum atomic E-state index is 13.9. The van der Waals surface area contributed by atoms with Gasteiger partial charge in [0.1, 0.15) is 16.2 Å². The van der Waals surface area contributed by atoms with Crippen LogP contribution in [-0.4, -0.2) is 25.7 Å². The summed E-state index contributed by atoms with van der Waals surface area (Å²) in [7, 11) is 0. The molecule has 0 saturated carbocycles.